The molecule has 160 valence electrons. The number of hydrogen-bond acceptors (Lipinski definition) is 5. The molecule has 0 aliphatic rings. The van der Waals surface area contributed by atoms with Gasteiger partial charge in [0.15, 0.2) is 0 Å². The summed E-state index contributed by atoms with van der Waals surface area (Å²) < 4.78 is 11.6. The molecule has 0 amide bonds. The van der Waals surface area contributed by atoms with E-state index in [2.05, 4.69) is 20.9 Å². The van der Waals surface area contributed by atoms with Crippen molar-refractivity contribution >= 4 is 50.9 Å². The van der Waals surface area contributed by atoms with E-state index in [4.69, 9.17) is 9.15 Å². The molecule has 0 bridgehead atoms. The van der Waals surface area contributed by atoms with E-state index in [1.165, 1.54) is 6.07 Å². The standard InChI is InChI=1S/C25H18BrNO5/c1-2-31-25(30)16-5-3-15(4-6-16)23-12-10-19(32-23)9-8-18-14-21(24(28)29)20-13-17(26)7-11-22(20)27-18/h3-14H,2H2,1H3,(H,28,29). The maximum Gasteiger partial charge on any atom is 0.338 e. The zero-order valence-electron chi connectivity index (χ0n) is 17.0. The first-order valence-electron chi connectivity index (χ1n) is 9.83. The molecular formula is C25H18BrNO5. The molecule has 4 aromatic rings. The second-order valence-electron chi connectivity index (χ2n) is 6.89. The van der Waals surface area contributed by atoms with Crippen molar-refractivity contribution in [1.82, 2.24) is 4.98 Å². The zero-order valence-corrected chi connectivity index (χ0v) is 18.6. The van der Waals surface area contributed by atoms with Crippen LogP contribution in [0.5, 0.6) is 0 Å². The van der Waals surface area contributed by atoms with Crippen LogP contribution in [-0.4, -0.2) is 28.6 Å². The van der Waals surface area contributed by atoms with Gasteiger partial charge in [-0.2, -0.15) is 0 Å². The highest BCUT2D eigenvalue weighted by Gasteiger charge is 2.12. The molecular weight excluding hydrogens is 474 g/mol. The quantitative estimate of drug-likeness (QED) is 0.318. The number of pyridine rings is 1. The molecule has 0 fully saturated rings. The molecule has 6 nitrogen and oxygen atoms in total. The van der Waals surface area contributed by atoms with Crippen molar-refractivity contribution in [3.8, 4) is 11.3 Å². The molecule has 0 atom stereocenters. The van der Waals surface area contributed by atoms with Crippen LogP contribution in [0.2, 0.25) is 0 Å². The van der Waals surface area contributed by atoms with Crippen LogP contribution in [0.1, 0.15) is 39.1 Å². The molecule has 0 radical (unpaired) electrons. The molecule has 0 unspecified atom stereocenters. The lowest BCUT2D eigenvalue weighted by Crippen LogP contribution is -2.03. The number of carboxylic acids is 1. The molecule has 0 aliphatic carbocycles. The number of carboxylic acid groups (broad SMARTS) is 1. The molecule has 0 aliphatic heterocycles. The van der Waals surface area contributed by atoms with Crippen LogP contribution in [0.15, 0.2) is 69.6 Å². The van der Waals surface area contributed by atoms with E-state index in [1.807, 2.05) is 12.1 Å². The van der Waals surface area contributed by atoms with Crippen LogP contribution >= 0.6 is 15.9 Å². The Morgan fingerprint density at radius 1 is 1.06 bits per heavy atom. The number of furan rings is 1. The van der Waals surface area contributed by atoms with Crippen LogP contribution < -0.4 is 0 Å². The van der Waals surface area contributed by atoms with Crippen molar-refractivity contribution in [2.45, 2.75) is 6.92 Å². The zero-order chi connectivity index (χ0) is 22.7. The average molecular weight is 492 g/mol. The second kappa shape index (κ2) is 9.20. The average Bonchev–Trinajstić information content (AvgIpc) is 3.26. The van der Waals surface area contributed by atoms with Gasteiger partial charge in [-0.25, -0.2) is 14.6 Å². The molecule has 4 rings (SSSR count). The minimum atomic E-state index is -1.02. The fourth-order valence-corrected chi connectivity index (χ4v) is 3.59. The van der Waals surface area contributed by atoms with Gasteiger partial charge in [-0.05, 0) is 67.6 Å². The van der Waals surface area contributed by atoms with Gasteiger partial charge in [0.2, 0.25) is 0 Å². The smallest absolute Gasteiger partial charge is 0.338 e. The molecule has 32 heavy (non-hydrogen) atoms. The summed E-state index contributed by atoms with van der Waals surface area (Å²) in [7, 11) is 0. The van der Waals surface area contributed by atoms with Crippen molar-refractivity contribution in [1.29, 1.82) is 0 Å². The summed E-state index contributed by atoms with van der Waals surface area (Å²) in [6.07, 6.45) is 3.44. The monoisotopic (exact) mass is 491 g/mol. The number of nitrogens with zero attached hydrogens (tertiary/aromatic N) is 1. The van der Waals surface area contributed by atoms with Crippen LogP contribution in [0.4, 0.5) is 0 Å². The van der Waals surface area contributed by atoms with E-state index < -0.39 is 5.97 Å². The van der Waals surface area contributed by atoms with Gasteiger partial charge in [0.05, 0.1) is 28.9 Å². The minimum Gasteiger partial charge on any atom is -0.478 e. The number of fused-ring (bicyclic) bond motifs is 1. The van der Waals surface area contributed by atoms with Crippen LogP contribution in [0.25, 0.3) is 34.4 Å². The van der Waals surface area contributed by atoms with E-state index in [0.29, 0.717) is 40.3 Å². The number of esters is 1. The van der Waals surface area contributed by atoms with Crippen LogP contribution in [0.3, 0.4) is 0 Å². The Morgan fingerprint density at radius 3 is 2.56 bits per heavy atom. The number of hydrogen-bond donors (Lipinski definition) is 1. The lowest BCUT2D eigenvalue weighted by atomic mass is 10.1. The molecule has 2 aromatic carbocycles. The van der Waals surface area contributed by atoms with Gasteiger partial charge < -0.3 is 14.3 Å². The number of halogens is 1. The first-order valence-corrected chi connectivity index (χ1v) is 10.6. The van der Waals surface area contributed by atoms with Crippen molar-refractivity contribution < 1.29 is 23.8 Å². The first-order chi connectivity index (χ1) is 15.4. The highest BCUT2D eigenvalue weighted by atomic mass is 79.9. The number of rotatable bonds is 6. The number of benzene rings is 2. The van der Waals surface area contributed by atoms with Gasteiger partial charge in [0.25, 0.3) is 0 Å². The van der Waals surface area contributed by atoms with Crippen LogP contribution in [0, 0.1) is 0 Å². The topological polar surface area (TPSA) is 89.6 Å². The maximum absolute atomic E-state index is 11.8. The summed E-state index contributed by atoms with van der Waals surface area (Å²) in [5, 5.41) is 10.1. The summed E-state index contributed by atoms with van der Waals surface area (Å²) in [5.74, 6) is -0.151. The third-order valence-electron chi connectivity index (χ3n) is 4.75. The Bertz CT molecular complexity index is 1340. The van der Waals surface area contributed by atoms with Gasteiger partial charge in [0.1, 0.15) is 11.5 Å². The molecule has 7 heteroatoms. The van der Waals surface area contributed by atoms with Gasteiger partial charge in [-0.3, -0.25) is 0 Å². The number of ether oxygens (including phenoxy) is 1. The fourth-order valence-electron chi connectivity index (χ4n) is 3.23. The van der Waals surface area contributed by atoms with E-state index in [9.17, 15) is 14.7 Å². The van der Waals surface area contributed by atoms with Gasteiger partial charge in [0, 0.05) is 15.4 Å². The summed E-state index contributed by atoms with van der Waals surface area (Å²) in [5.41, 5.74) is 2.58. The third-order valence-corrected chi connectivity index (χ3v) is 5.24. The third kappa shape index (κ3) is 4.63. The summed E-state index contributed by atoms with van der Waals surface area (Å²) in [4.78, 5) is 28.0. The minimum absolute atomic E-state index is 0.178. The molecule has 0 saturated heterocycles. The SMILES string of the molecule is CCOC(=O)c1ccc(-c2ccc(C=Cc3cc(C(=O)O)c4cc(Br)ccc4n3)o2)cc1. The Kier molecular flexibility index (Phi) is 6.18. The second-order valence-corrected chi connectivity index (χ2v) is 7.81. The van der Waals surface area contributed by atoms with Crippen molar-refractivity contribution in [2.24, 2.45) is 0 Å². The summed E-state index contributed by atoms with van der Waals surface area (Å²) in [6, 6.07) is 17.5. The molecule has 1 N–H and O–H groups in total. The van der Waals surface area contributed by atoms with E-state index in [0.717, 1.165) is 10.0 Å². The fraction of sp³-hybridized carbons (Fsp3) is 0.0800. The van der Waals surface area contributed by atoms with Gasteiger partial charge >= 0.3 is 11.9 Å². The van der Waals surface area contributed by atoms with E-state index in [1.54, 1.807) is 61.5 Å². The van der Waals surface area contributed by atoms with Gasteiger partial charge in [-0.15, -0.1) is 0 Å². The lowest BCUT2D eigenvalue weighted by Gasteiger charge is -2.05. The number of carbonyl (C=O) groups is 2. The predicted molar refractivity (Wildman–Crippen MR) is 125 cm³/mol. The van der Waals surface area contributed by atoms with Crippen molar-refractivity contribution in [3.63, 3.8) is 0 Å². The highest BCUT2D eigenvalue weighted by molar-refractivity contribution is 9.10. The lowest BCUT2D eigenvalue weighted by molar-refractivity contribution is 0.0526. The summed E-state index contributed by atoms with van der Waals surface area (Å²) in [6.45, 7) is 2.09. The molecule has 0 spiro atoms. The molecule has 2 heterocycles. The Hall–Kier alpha value is -3.71. The Morgan fingerprint density at radius 2 is 1.84 bits per heavy atom. The van der Waals surface area contributed by atoms with Crippen LogP contribution in [-0.2, 0) is 4.74 Å². The Balaban J connectivity index is 1.58. The van der Waals surface area contributed by atoms with E-state index >= 15 is 0 Å². The molecule has 2 aromatic heterocycles. The Labute approximate surface area is 192 Å². The van der Waals surface area contributed by atoms with Crippen molar-refractivity contribution in [3.05, 3.63) is 87.7 Å². The molecule has 0 saturated carbocycles. The maximum atomic E-state index is 11.8. The summed E-state index contributed by atoms with van der Waals surface area (Å²) >= 11 is 3.36. The number of aromatic carboxylic acids is 1. The largest absolute Gasteiger partial charge is 0.478 e. The number of aromatic nitrogens is 1. The number of carbonyl (C=O) groups excluding carboxylic acids is 1. The van der Waals surface area contributed by atoms with Gasteiger partial charge in [-0.1, -0.05) is 28.1 Å². The predicted octanol–water partition coefficient (Wildman–Crippen LogP) is 6.30. The highest BCUT2D eigenvalue weighted by Crippen LogP contribution is 2.26. The van der Waals surface area contributed by atoms with E-state index in [-0.39, 0.29) is 11.5 Å². The van der Waals surface area contributed by atoms with Crippen molar-refractivity contribution in [2.75, 3.05) is 6.61 Å². The first kappa shape index (κ1) is 21.5. The normalized spacial score (nSPS) is 11.2.